The van der Waals surface area contributed by atoms with Gasteiger partial charge in [-0.2, -0.15) is 0 Å². The van der Waals surface area contributed by atoms with E-state index in [0.717, 1.165) is 5.56 Å². The number of halogens is 1. The molecule has 0 aliphatic heterocycles. The third-order valence-electron chi connectivity index (χ3n) is 2.98. The second-order valence-electron chi connectivity index (χ2n) is 4.57. The molecule has 1 atom stereocenters. The molecule has 0 bridgehead atoms. The molecule has 0 aliphatic rings. The van der Waals surface area contributed by atoms with E-state index in [4.69, 9.17) is 4.74 Å². The number of methoxy groups -OCH3 is 1. The Morgan fingerprint density at radius 3 is 2.67 bits per heavy atom. The normalized spacial score (nSPS) is 12.0. The van der Waals surface area contributed by atoms with Crippen molar-refractivity contribution in [1.29, 1.82) is 0 Å². The van der Waals surface area contributed by atoms with Crippen LogP contribution in [0.4, 0.5) is 4.39 Å². The first kappa shape index (κ1) is 15.4. The minimum atomic E-state index is -1.58. The fraction of sp³-hybridized carbons (Fsp3) is 0.188. The molecule has 0 N–H and O–H groups in total. The molecule has 0 spiro atoms. The van der Waals surface area contributed by atoms with E-state index in [2.05, 4.69) is 0 Å². The summed E-state index contributed by atoms with van der Waals surface area (Å²) in [6.45, 7) is 1.89. The van der Waals surface area contributed by atoms with Gasteiger partial charge in [0.05, 0.1) is 29.2 Å². The number of ketones is 1. The third-order valence-corrected chi connectivity index (χ3v) is 4.28. The summed E-state index contributed by atoms with van der Waals surface area (Å²) in [7, 11) is -0.104. The first-order valence-electron chi connectivity index (χ1n) is 6.33. The van der Waals surface area contributed by atoms with Crippen LogP contribution in [-0.4, -0.2) is 22.9 Å². The number of carbonyl (C=O) groups excluding carboxylic acids is 1. The van der Waals surface area contributed by atoms with E-state index in [9.17, 15) is 13.4 Å². The first-order valence-corrected chi connectivity index (χ1v) is 7.65. The molecule has 0 aliphatic carbocycles. The van der Waals surface area contributed by atoms with Gasteiger partial charge in [-0.1, -0.05) is 12.1 Å². The van der Waals surface area contributed by atoms with Crippen LogP contribution in [0.15, 0.2) is 47.4 Å². The predicted octanol–water partition coefficient (Wildman–Crippen LogP) is 3.13. The number of hydrogen-bond acceptors (Lipinski definition) is 3. The molecule has 2 aromatic carbocycles. The Balaban J connectivity index is 2.20. The summed E-state index contributed by atoms with van der Waals surface area (Å²) < 4.78 is 30.4. The van der Waals surface area contributed by atoms with Gasteiger partial charge < -0.3 is 4.74 Å². The summed E-state index contributed by atoms with van der Waals surface area (Å²) in [4.78, 5) is 12.5. The van der Waals surface area contributed by atoms with Gasteiger partial charge in [-0.05, 0) is 42.8 Å². The molecule has 110 valence electrons. The summed E-state index contributed by atoms with van der Waals surface area (Å²) in [5.41, 5.74) is 1.35. The number of ether oxygens (including phenoxy) is 1. The van der Waals surface area contributed by atoms with Crippen LogP contribution in [0.3, 0.4) is 0 Å². The van der Waals surface area contributed by atoms with Crippen molar-refractivity contribution in [3.63, 3.8) is 0 Å². The van der Waals surface area contributed by atoms with Crippen LogP contribution in [0.5, 0.6) is 5.75 Å². The van der Waals surface area contributed by atoms with Crippen LogP contribution in [0.2, 0.25) is 0 Å². The van der Waals surface area contributed by atoms with E-state index in [-0.39, 0.29) is 11.5 Å². The zero-order valence-electron chi connectivity index (χ0n) is 11.8. The molecule has 0 saturated heterocycles. The lowest BCUT2D eigenvalue weighted by Gasteiger charge is -2.08. The van der Waals surface area contributed by atoms with Gasteiger partial charge in [-0.3, -0.25) is 9.00 Å². The number of hydrogen-bond donors (Lipinski definition) is 0. The molecule has 0 radical (unpaired) electrons. The lowest BCUT2D eigenvalue weighted by Crippen LogP contribution is -2.12. The van der Waals surface area contributed by atoms with Gasteiger partial charge in [-0.25, -0.2) is 4.39 Å². The number of Topliss-reactive ketones (excluding diaryl/α,β-unsaturated/α-hetero) is 1. The number of aryl methyl sites for hydroxylation is 1. The van der Waals surface area contributed by atoms with Gasteiger partial charge in [0.2, 0.25) is 0 Å². The van der Waals surface area contributed by atoms with Crippen molar-refractivity contribution in [3.8, 4) is 5.75 Å². The standard InChI is InChI=1S/C16H15FO3S/c1-11-6-7-14(16(8-11)20-2)15(18)10-21(19)13-5-3-4-12(17)9-13/h3-9H,10H2,1-2H3. The largest absolute Gasteiger partial charge is 0.496 e. The SMILES string of the molecule is COc1cc(C)ccc1C(=O)CS(=O)c1cccc(F)c1. The Bertz CT molecular complexity index is 698. The maximum atomic E-state index is 13.1. The van der Waals surface area contributed by atoms with Gasteiger partial charge in [-0.15, -0.1) is 0 Å². The monoisotopic (exact) mass is 306 g/mol. The van der Waals surface area contributed by atoms with Crippen LogP contribution in [0.1, 0.15) is 15.9 Å². The zero-order chi connectivity index (χ0) is 15.4. The van der Waals surface area contributed by atoms with Gasteiger partial charge in [0, 0.05) is 4.90 Å². The maximum absolute atomic E-state index is 13.1. The van der Waals surface area contributed by atoms with Gasteiger partial charge in [0.25, 0.3) is 0 Å². The van der Waals surface area contributed by atoms with E-state index in [1.807, 2.05) is 6.92 Å². The van der Waals surface area contributed by atoms with Gasteiger partial charge >= 0.3 is 0 Å². The summed E-state index contributed by atoms with van der Waals surface area (Å²) in [6, 6.07) is 10.7. The Labute approximate surface area is 125 Å². The van der Waals surface area contributed by atoms with Gasteiger partial charge in [0.1, 0.15) is 11.6 Å². The molecular weight excluding hydrogens is 291 g/mol. The highest BCUT2D eigenvalue weighted by molar-refractivity contribution is 7.85. The molecule has 2 rings (SSSR count). The molecular formula is C16H15FO3S. The predicted molar refractivity (Wildman–Crippen MR) is 79.7 cm³/mol. The minimum absolute atomic E-state index is 0.205. The van der Waals surface area contributed by atoms with Crippen LogP contribution in [0.25, 0.3) is 0 Å². The number of carbonyl (C=O) groups is 1. The molecule has 3 nitrogen and oxygen atoms in total. The smallest absolute Gasteiger partial charge is 0.179 e. The van der Waals surface area contributed by atoms with Crippen LogP contribution < -0.4 is 4.74 Å². The second kappa shape index (κ2) is 6.63. The molecule has 5 heteroatoms. The topological polar surface area (TPSA) is 43.4 Å². The highest BCUT2D eigenvalue weighted by Gasteiger charge is 2.16. The second-order valence-corrected chi connectivity index (χ2v) is 6.03. The fourth-order valence-electron chi connectivity index (χ4n) is 1.92. The van der Waals surface area contributed by atoms with E-state index in [1.165, 1.54) is 25.3 Å². The van der Waals surface area contributed by atoms with Crippen molar-refractivity contribution in [2.24, 2.45) is 0 Å². The number of benzene rings is 2. The lowest BCUT2D eigenvalue weighted by atomic mass is 10.1. The van der Waals surface area contributed by atoms with Crippen molar-refractivity contribution in [3.05, 3.63) is 59.4 Å². The maximum Gasteiger partial charge on any atom is 0.179 e. The van der Waals surface area contributed by atoms with E-state index in [0.29, 0.717) is 16.2 Å². The van der Waals surface area contributed by atoms with Crippen LogP contribution in [-0.2, 0) is 10.8 Å². The molecule has 1 unspecified atom stereocenters. The van der Waals surface area contributed by atoms with E-state index >= 15 is 0 Å². The van der Waals surface area contributed by atoms with Gasteiger partial charge in [0.15, 0.2) is 5.78 Å². The molecule has 0 saturated carbocycles. The van der Waals surface area contributed by atoms with Crippen molar-refractivity contribution >= 4 is 16.6 Å². The summed E-state index contributed by atoms with van der Waals surface area (Å²) in [6.07, 6.45) is 0. The molecule has 0 aromatic heterocycles. The highest BCUT2D eigenvalue weighted by atomic mass is 32.2. The third kappa shape index (κ3) is 3.76. The Kier molecular flexibility index (Phi) is 4.85. The van der Waals surface area contributed by atoms with Crippen LogP contribution >= 0.6 is 0 Å². The molecule has 2 aromatic rings. The van der Waals surface area contributed by atoms with E-state index < -0.39 is 16.6 Å². The van der Waals surface area contributed by atoms with Crippen molar-refractivity contribution in [1.82, 2.24) is 0 Å². The lowest BCUT2D eigenvalue weighted by molar-refractivity contribution is 0.101. The molecule has 0 fully saturated rings. The first-order chi connectivity index (χ1) is 10.0. The average Bonchev–Trinajstić information content (AvgIpc) is 2.46. The molecule has 0 amide bonds. The average molecular weight is 306 g/mol. The summed E-state index contributed by atoms with van der Waals surface area (Å²) in [5.74, 6) is -0.519. The Morgan fingerprint density at radius 2 is 2.00 bits per heavy atom. The van der Waals surface area contributed by atoms with Crippen molar-refractivity contribution in [2.75, 3.05) is 12.9 Å². The molecule has 21 heavy (non-hydrogen) atoms. The quantitative estimate of drug-likeness (QED) is 0.797. The van der Waals surface area contributed by atoms with Crippen LogP contribution in [0, 0.1) is 12.7 Å². The Hall–Kier alpha value is -2.01. The van der Waals surface area contributed by atoms with Crippen molar-refractivity contribution < 1.29 is 18.1 Å². The summed E-state index contributed by atoms with van der Waals surface area (Å²) in [5, 5.41) is 0. The summed E-state index contributed by atoms with van der Waals surface area (Å²) >= 11 is 0. The number of rotatable bonds is 5. The molecule has 0 heterocycles. The minimum Gasteiger partial charge on any atom is -0.496 e. The van der Waals surface area contributed by atoms with E-state index in [1.54, 1.807) is 24.3 Å². The fourth-order valence-corrected chi connectivity index (χ4v) is 2.95. The van der Waals surface area contributed by atoms with Crippen molar-refractivity contribution in [2.45, 2.75) is 11.8 Å². The Morgan fingerprint density at radius 1 is 1.24 bits per heavy atom. The highest BCUT2D eigenvalue weighted by Crippen LogP contribution is 2.21. The zero-order valence-corrected chi connectivity index (χ0v) is 12.6.